The van der Waals surface area contributed by atoms with E-state index in [2.05, 4.69) is 0 Å². The van der Waals surface area contributed by atoms with E-state index in [4.69, 9.17) is 18.9 Å². The molecule has 112 valence electrons. The van der Waals surface area contributed by atoms with Crippen LogP contribution in [0.3, 0.4) is 0 Å². The first-order valence-electron chi connectivity index (χ1n) is 6.42. The fourth-order valence-corrected chi connectivity index (χ4v) is 1.30. The van der Waals surface area contributed by atoms with Gasteiger partial charge in [-0.3, -0.25) is 9.59 Å². The second kappa shape index (κ2) is 11.9. The van der Waals surface area contributed by atoms with Crippen LogP contribution >= 0.6 is 0 Å². The van der Waals surface area contributed by atoms with Crippen LogP contribution in [0.15, 0.2) is 0 Å². The molecule has 0 amide bonds. The molecular weight excluding hydrogens is 252 g/mol. The molecule has 0 aliphatic heterocycles. The number of carbonyl (C=O) groups excluding carboxylic acids is 2. The topological polar surface area (TPSA) is 71.1 Å². The lowest BCUT2D eigenvalue weighted by Gasteiger charge is -2.11. The zero-order chi connectivity index (χ0) is 14.5. The predicted octanol–water partition coefficient (Wildman–Crippen LogP) is 1.17. The van der Waals surface area contributed by atoms with E-state index in [1.807, 2.05) is 0 Å². The van der Waals surface area contributed by atoms with Gasteiger partial charge in [-0.2, -0.15) is 0 Å². The van der Waals surface area contributed by atoms with Crippen molar-refractivity contribution in [3.05, 3.63) is 0 Å². The Morgan fingerprint density at radius 1 is 0.895 bits per heavy atom. The van der Waals surface area contributed by atoms with Gasteiger partial charge in [-0.05, 0) is 0 Å². The minimum absolute atomic E-state index is 0.0378. The highest BCUT2D eigenvalue weighted by atomic mass is 16.5. The van der Waals surface area contributed by atoms with Crippen LogP contribution in [-0.4, -0.2) is 52.6 Å². The molecule has 0 rings (SSSR count). The highest BCUT2D eigenvalue weighted by Crippen LogP contribution is 2.06. The molecule has 19 heavy (non-hydrogen) atoms. The number of rotatable bonds is 11. The van der Waals surface area contributed by atoms with Crippen molar-refractivity contribution in [2.75, 3.05) is 40.6 Å². The van der Waals surface area contributed by atoms with Crippen LogP contribution in [0.2, 0.25) is 0 Å². The van der Waals surface area contributed by atoms with Crippen LogP contribution < -0.4 is 0 Å². The molecule has 0 aliphatic rings. The second-order valence-electron chi connectivity index (χ2n) is 4.19. The lowest BCUT2D eigenvalue weighted by Crippen LogP contribution is -2.20. The number of carbonyl (C=O) groups is 2. The van der Waals surface area contributed by atoms with Crippen molar-refractivity contribution in [3.8, 4) is 0 Å². The number of ether oxygens (including phenoxy) is 4. The van der Waals surface area contributed by atoms with Crippen LogP contribution in [0.4, 0.5) is 0 Å². The molecule has 0 aromatic rings. The van der Waals surface area contributed by atoms with E-state index in [-0.39, 0.29) is 12.4 Å². The van der Waals surface area contributed by atoms with Crippen LogP contribution in [0, 0.1) is 5.92 Å². The lowest BCUT2D eigenvalue weighted by molar-refractivity contribution is -0.155. The smallest absolute Gasteiger partial charge is 0.309 e. The molecular formula is C13H24O6. The second-order valence-corrected chi connectivity index (χ2v) is 4.19. The van der Waals surface area contributed by atoms with Gasteiger partial charge in [0.25, 0.3) is 0 Å². The average molecular weight is 276 g/mol. The lowest BCUT2D eigenvalue weighted by atomic mass is 10.1. The van der Waals surface area contributed by atoms with Gasteiger partial charge < -0.3 is 18.9 Å². The maximum atomic E-state index is 11.5. The van der Waals surface area contributed by atoms with Crippen molar-refractivity contribution >= 4 is 11.9 Å². The summed E-state index contributed by atoms with van der Waals surface area (Å²) >= 11 is 0. The van der Waals surface area contributed by atoms with Gasteiger partial charge in [-0.25, -0.2) is 0 Å². The maximum Gasteiger partial charge on any atom is 0.309 e. The Kier molecular flexibility index (Phi) is 11.2. The number of esters is 2. The summed E-state index contributed by atoms with van der Waals surface area (Å²) in [6.45, 7) is 3.35. The van der Waals surface area contributed by atoms with Crippen molar-refractivity contribution in [1.82, 2.24) is 0 Å². The summed E-state index contributed by atoms with van der Waals surface area (Å²) in [4.78, 5) is 22.9. The van der Waals surface area contributed by atoms with E-state index in [0.29, 0.717) is 39.3 Å². The molecule has 0 aromatic carbocycles. The third-order valence-electron chi connectivity index (χ3n) is 2.37. The zero-order valence-electron chi connectivity index (χ0n) is 12.0. The van der Waals surface area contributed by atoms with Crippen molar-refractivity contribution in [2.45, 2.75) is 26.2 Å². The van der Waals surface area contributed by atoms with Gasteiger partial charge in [-0.15, -0.1) is 0 Å². The van der Waals surface area contributed by atoms with Gasteiger partial charge in [0.15, 0.2) is 0 Å². The minimum atomic E-state index is -0.488. The molecule has 0 fully saturated rings. The first kappa shape index (κ1) is 17.9. The number of methoxy groups -OCH3 is 2. The molecule has 0 aliphatic carbocycles. The van der Waals surface area contributed by atoms with E-state index in [9.17, 15) is 9.59 Å². The van der Waals surface area contributed by atoms with Gasteiger partial charge >= 0.3 is 11.9 Å². The monoisotopic (exact) mass is 276 g/mol. The summed E-state index contributed by atoms with van der Waals surface area (Å²) in [5.74, 6) is -1.26. The van der Waals surface area contributed by atoms with Gasteiger partial charge in [0.2, 0.25) is 0 Å². The average Bonchev–Trinajstić information content (AvgIpc) is 2.39. The summed E-state index contributed by atoms with van der Waals surface area (Å²) in [5.41, 5.74) is 0. The Morgan fingerprint density at radius 3 is 1.95 bits per heavy atom. The van der Waals surface area contributed by atoms with E-state index >= 15 is 0 Å². The Morgan fingerprint density at radius 2 is 1.42 bits per heavy atom. The molecule has 0 bridgehead atoms. The highest BCUT2D eigenvalue weighted by Gasteiger charge is 2.19. The Hall–Kier alpha value is -1.14. The van der Waals surface area contributed by atoms with E-state index in [1.54, 1.807) is 21.1 Å². The maximum absolute atomic E-state index is 11.5. The molecule has 0 aromatic heterocycles. The fraction of sp³-hybridized carbons (Fsp3) is 0.846. The molecule has 0 spiro atoms. The largest absolute Gasteiger partial charge is 0.466 e. The number of hydrogen-bond donors (Lipinski definition) is 0. The molecule has 0 radical (unpaired) electrons. The van der Waals surface area contributed by atoms with E-state index in [0.717, 1.165) is 0 Å². The summed E-state index contributed by atoms with van der Waals surface area (Å²) in [6, 6.07) is 0. The van der Waals surface area contributed by atoms with Gasteiger partial charge in [-0.1, -0.05) is 6.92 Å². The van der Waals surface area contributed by atoms with E-state index in [1.165, 1.54) is 0 Å². The third kappa shape index (κ3) is 10.5. The van der Waals surface area contributed by atoms with Crippen LogP contribution in [0.25, 0.3) is 0 Å². The van der Waals surface area contributed by atoms with Crippen LogP contribution in [0.5, 0.6) is 0 Å². The number of hydrogen-bond acceptors (Lipinski definition) is 6. The van der Waals surface area contributed by atoms with Gasteiger partial charge in [0.1, 0.15) is 0 Å². The molecule has 6 nitrogen and oxygen atoms in total. The minimum Gasteiger partial charge on any atom is -0.466 e. The molecule has 1 unspecified atom stereocenters. The van der Waals surface area contributed by atoms with Crippen molar-refractivity contribution in [2.24, 2.45) is 5.92 Å². The molecule has 0 saturated heterocycles. The summed E-state index contributed by atoms with van der Waals surface area (Å²) in [7, 11) is 3.17. The molecule has 0 N–H and O–H groups in total. The quantitative estimate of drug-likeness (QED) is 0.417. The highest BCUT2D eigenvalue weighted by molar-refractivity contribution is 5.79. The van der Waals surface area contributed by atoms with Crippen LogP contribution in [0.1, 0.15) is 26.2 Å². The van der Waals surface area contributed by atoms with Crippen molar-refractivity contribution in [3.63, 3.8) is 0 Å². The SMILES string of the molecule is COCCCOC(=O)CC(C)C(=O)OCCCOC. The summed E-state index contributed by atoms with van der Waals surface area (Å²) in [6.07, 6.45) is 1.34. The molecule has 1 atom stereocenters. The third-order valence-corrected chi connectivity index (χ3v) is 2.37. The summed E-state index contributed by atoms with van der Waals surface area (Å²) in [5, 5.41) is 0. The fourth-order valence-electron chi connectivity index (χ4n) is 1.30. The van der Waals surface area contributed by atoms with E-state index < -0.39 is 11.9 Å². The van der Waals surface area contributed by atoms with Gasteiger partial charge in [0, 0.05) is 40.3 Å². The summed E-state index contributed by atoms with van der Waals surface area (Å²) < 4.78 is 19.6. The Labute approximate surface area is 114 Å². The standard InChI is InChI=1S/C13H24O6/c1-11(13(15)19-9-5-7-17-3)10-12(14)18-8-4-6-16-2/h11H,4-10H2,1-3H3. The molecule has 0 saturated carbocycles. The van der Waals surface area contributed by atoms with Crippen molar-refractivity contribution < 1.29 is 28.5 Å². The zero-order valence-corrected chi connectivity index (χ0v) is 12.0. The van der Waals surface area contributed by atoms with Crippen LogP contribution in [-0.2, 0) is 28.5 Å². The Balaban J connectivity index is 3.66. The normalized spacial score (nSPS) is 11.9. The first-order valence-corrected chi connectivity index (χ1v) is 6.42. The Bertz CT molecular complexity index is 254. The van der Waals surface area contributed by atoms with Gasteiger partial charge in [0.05, 0.1) is 25.6 Å². The van der Waals surface area contributed by atoms with Crippen molar-refractivity contribution in [1.29, 1.82) is 0 Å². The molecule has 6 heteroatoms. The molecule has 0 heterocycles. The first-order chi connectivity index (χ1) is 9.11. The predicted molar refractivity (Wildman–Crippen MR) is 68.7 cm³/mol.